The molecule has 2 amide bonds. The van der Waals surface area contributed by atoms with Crippen molar-refractivity contribution in [3.63, 3.8) is 0 Å². The summed E-state index contributed by atoms with van der Waals surface area (Å²) in [7, 11) is -3.64. The Morgan fingerprint density at radius 3 is 2.42 bits per heavy atom. The van der Waals surface area contributed by atoms with Gasteiger partial charge in [-0.1, -0.05) is 54.6 Å². The van der Waals surface area contributed by atoms with Crippen LogP contribution in [0.25, 0.3) is 0 Å². The second kappa shape index (κ2) is 9.32. The predicted molar refractivity (Wildman–Crippen MR) is 124 cm³/mol. The molecule has 10 heteroatoms. The number of benzene rings is 2. The van der Waals surface area contributed by atoms with Gasteiger partial charge in [0, 0.05) is 24.7 Å². The normalized spacial score (nSPS) is 21.0. The van der Waals surface area contributed by atoms with Gasteiger partial charge in [0.15, 0.2) is 0 Å². The first-order chi connectivity index (χ1) is 15.7. The zero-order valence-electron chi connectivity index (χ0n) is 18.1. The minimum atomic E-state index is -3.64. The van der Waals surface area contributed by atoms with Gasteiger partial charge in [0.2, 0.25) is 21.8 Å². The van der Waals surface area contributed by atoms with E-state index in [9.17, 15) is 18.0 Å². The standard InChI is InChI=1S/C23H27N5O4S/c24-22(25)18-8-6-16(7-9-18)12-26-23(30)20-11-10-19-13-27(14-21(29)28(19)20)33(31,32)15-17-4-2-1-3-5-17/h1-9,19-20H,10-15H2,(H3,24,25)(H,26,30)/t19-,20-/m0/s1. The SMILES string of the molecule is N=C(N)c1ccc(CNC(=O)[C@@H]2CC[C@H]3CN(S(=O)(=O)Cc4ccccc4)CC(=O)N32)cc1. The summed E-state index contributed by atoms with van der Waals surface area (Å²) < 4.78 is 27.0. The molecule has 0 radical (unpaired) electrons. The van der Waals surface area contributed by atoms with E-state index in [0.717, 1.165) is 5.56 Å². The van der Waals surface area contributed by atoms with Crippen molar-refractivity contribution in [2.75, 3.05) is 13.1 Å². The summed E-state index contributed by atoms with van der Waals surface area (Å²) in [5.74, 6) is -0.764. The van der Waals surface area contributed by atoms with Gasteiger partial charge >= 0.3 is 0 Å². The summed E-state index contributed by atoms with van der Waals surface area (Å²) >= 11 is 0. The van der Waals surface area contributed by atoms with Crippen LogP contribution < -0.4 is 11.1 Å². The molecule has 9 nitrogen and oxygen atoms in total. The summed E-state index contributed by atoms with van der Waals surface area (Å²) in [4.78, 5) is 27.3. The minimum absolute atomic E-state index is 0.0222. The quantitative estimate of drug-likeness (QED) is 0.407. The Labute approximate surface area is 193 Å². The summed E-state index contributed by atoms with van der Waals surface area (Å²) in [6.45, 7) is 0.247. The van der Waals surface area contributed by atoms with Crippen LogP contribution in [-0.2, 0) is 31.9 Å². The van der Waals surface area contributed by atoms with Crippen molar-refractivity contribution in [2.45, 2.75) is 37.2 Å². The maximum Gasteiger partial charge on any atom is 0.243 e. The van der Waals surface area contributed by atoms with Crippen molar-refractivity contribution in [1.82, 2.24) is 14.5 Å². The number of nitrogens with zero attached hydrogens (tertiary/aromatic N) is 2. The molecule has 2 aliphatic rings. The molecule has 174 valence electrons. The summed E-state index contributed by atoms with van der Waals surface area (Å²) in [5, 5.41) is 10.3. The molecule has 2 fully saturated rings. The fraction of sp³-hybridized carbons (Fsp3) is 0.348. The van der Waals surface area contributed by atoms with Crippen LogP contribution in [0.4, 0.5) is 0 Å². The van der Waals surface area contributed by atoms with E-state index in [1.165, 1.54) is 4.31 Å². The molecule has 2 aliphatic heterocycles. The Balaban J connectivity index is 1.37. The molecule has 33 heavy (non-hydrogen) atoms. The third kappa shape index (κ3) is 5.07. The van der Waals surface area contributed by atoms with Gasteiger partial charge in [0.05, 0.1) is 12.3 Å². The first-order valence-corrected chi connectivity index (χ1v) is 12.4. The largest absolute Gasteiger partial charge is 0.384 e. The van der Waals surface area contributed by atoms with E-state index in [4.69, 9.17) is 11.1 Å². The van der Waals surface area contributed by atoms with Crippen LogP contribution in [0.15, 0.2) is 54.6 Å². The molecule has 0 spiro atoms. The molecular formula is C23H27N5O4S. The maximum absolute atomic E-state index is 12.9. The number of hydrogen-bond donors (Lipinski definition) is 3. The zero-order valence-corrected chi connectivity index (χ0v) is 18.9. The highest BCUT2D eigenvalue weighted by atomic mass is 32.2. The van der Waals surface area contributed by atoms with E-state index in [2.05, 4.69) is 5.32 Å². The lowest BCUT2D eigenvalue weighted by Gasteiger charge is -2.38. The molecule has 2 aromatic rings. The Morgan fingerprint density at radius 2 is 1.76 bits per heavy atom. The Bertz CT molecular complexity index is 1150. The van der Waals surface area contributed by atoms with Gasteiger partial charge in [-0.05, 0) is 24.0 Å². The zero-order chi connectivity index (χ0) is 23.6. The van der Waals surface area contributed by atoms with Crippen molar-refractivity contribution in [2.24, 2.45) is 5.73 Å². The lowest BCUT2D eigenvalue weighted by atomic mass is 10.1. The Hall–Kier alpha value is -3.24. The predicted octanol–water partition coefficient (Wildman–Crippen LogP) is 0.792. The number of carbonyl (C=O) groups excluding carboxylic acids is 2. The molecular weight excluding hydrogens is 442 g/mol. The second-order valence-corrected chi connectivity index (χ2v) is 10.4. The summed E-state index contributed by atoms with van der Waals surface area (Å²) in [6, 6.07) is 15.0. The first-order valence-electron chi connectivity index (χ1n) is 10.8. The van der Waals surface area contributed by atoms with E-state index in [-0.39, 0.29) is 49.1 Å². The first kappa shape index (κ1) is 22.9. The van der Waals surface area contributed by atoms with E-state index in [1.54, 1.807) is 53.4 Å². The van der Waals surface area contributed by atoms with Gasteiger partial charge in [0.1, 0.15) is 11.9 Å². The number of nitrogens with two attached hydrogens (primary N) is 1. The minimum Gasteiger partial charge on any atom is -0.384 e. The molecule has 4 rings (SSSR count). The Morgan fingerprint density at radius 1 is 1.06 bits per heavy atom. The van der Waals surface area contributed by atoms with Gasteiger partial charge < -0.3 is 16.0 Å². The smallest absolute Gasteiger partial charge is 0.243 e. The van der Waals surface area contributed by atoms with Crippen LogP contribution in [0.2, 0.25) is 0 Å². The number of hydrogen-bond acceptors (Lipinski definition) is 5. The maximum atomic E-state index is 12.9. The van der Waals surface area contributed by atoms with Crippen LogP contribution in [0.3, 0.4) is 0 Å². The number of piperazine rings is 1. The van der Waals surface area contributed by atoms with Gasteiger partial charge in [-0.2, -0.15) is 4.31 Å². The summed E-state index contributed by atoms with van der Waals surface area (Å²) in [5.41, 5.74) is 7.59. The van der Waals surface area contributed by atoms with Gasteiger partial charge in [-0.25, -0.2) is 8.42 Å². The third-order valence-electron chi connectivity index (χ3n) is 6.14. The van der Waals surface area contributed by atoms with E-state index < -0.39 is 16.1 Å². The average molecular weight is 470 g/mol. The number of carbonyl (C=O) groups is 2. The van der Waals surface area contributed by atoms with E-state index in [0.29, 0.717) is 24.0 Å². The molecule has 0 bridgehead atoms. The second-order valence-electron chi connectivity index (χ2n) is 8.41. The molecule has 0 saturated carbocycles. The monoisotopic (exact) mass is 469 g/mol. The van der Waals surface area contributed by atoms with Crippen LogP contribution >= 0.6 is 0 Å². The number of fused-ring (bicyclic) bond motifs is 1. The van der Waals surface area contributed by atoms with E-state index >= 15 is 0 Å². The molecule has 0 aliphatic carbocycles. The van der Waals surface area contributed by atoms with Crippen molar-refractivity contribution in [3.8, 4) is 0 Å². The van der Waals surface area contributed by atoms with Crippen LogP contribution in [-0.4, -0.2) is 60.4 Å². The van der Waals surface area contributed by atoms with Crippen molar-refractivity contribution in [1.29, 1.82) is 5.41 Å². The fourth-order valence-electron chi connectivity index (χ4n) is 4.43. The van der Waals surface area contributed by atoms with Gasteiger partial charge in [-0.3, -0.25) is 15.0 Å². The molecule has 0 aromatic heterocycles. The molecule has 4 N–H and O–H groups in total. The number of rotatable bonds is 7. The van der Waals surface area contributed by atoms with Crippen molar-refractivity contribution in [3.05, 3.63) is 71.3 Å². The lowest BCUT2D eigenvalue weighted by molar-refractivity contribution is -0.143. The van der Waals surface area contributed by atoms with E-state index in [1.807, 2.05) is 6.07 Å². The lowest BCUT2D eigenvalue weighted by Crippen LogP contribution is -2.59. The van der Waals surface area contributed by atoms with Gasteiger partial charge in [-0.15, -0.1) is 0 Å². The van der Waals surface area contributed by atoms with Gasteiger partial charge in [0.25, 0.3) is 0 Å². The topological polar surface area (TPSA) is 137 Å². The molecule has 2 atom stereocenters. The number of sulfonamides is 1. The van der Waals surface area contributed by atoms with Crippen molar-refractivity contribution >= 4 is 27.7 Å². The number of nitrogen functional groups attached to an aromatic ring is 1. The highest BCUT2D eigenvalue weighted by Crippen LogP contribution is 2.30. The van der Waals surface area contributed by atoms with Crippen LogP contribution in [0, 0.1) is 5.41 Å². The highest BCUT2D eigenvalue weighted by molar-refractivity contribution is 7.88. The molecule has 2 heterocycles. The Kier molecular flexibility index (Phi) is 6.48. The summed E-state index contributed by atoms with van der Waals surface area (Å²) in [6.07, 6.45) is 1.08. The molecule has 2 saturated heterocycles. The van der Waals surface area contributed by atoms with Crippen molar-refractivity contribution < 1.29 is 18.0 Å². The van der Waals surface area contributed by atoms with Crippen LogP contribution in [0.5, 0.6) is 0 Å². The average Bonchev–Trinajstić information content (AvgIpc) is 3.23. The number of amides is 2. The highest BCUT2D eigenvalue weighted by Gasteiger charge is 2.46. The number of amidine groups is 1. The van der Waals surface area contributed by atoms with Crippen LogP contribution in [0.1, 0.15) is 29.5 Å². The number of nitrogens with one attached hydrogen (secondary N) is 2. The fourth-order valence-corrected chi connectivity index (χ4v) is 5.93. The third-order valence-corrected chi connectivity index (χ3v) is 7.90. The molecule has 0 unspecified atom stereocenters. The molecule has 2 aromatic carbocycles.